The van der Waals surface area contributed by atoms with Crippen LogP contribution in [0.15, 0.2) is 24.3 Å². The van der Waals surface area contributed by atoms with Gasteiger partial charge in [0.2, 0.25) is 0 Å². The molecule has 1 aromatic rings. The molecule has 0 amide bonds. The Kier molecular flexibility index (Phi) is 6.73. The zero-order valence-electron chi connectivity index (χ0n) is 12.1. The van der Waals surface area contributed by atoms with Crippen molar-refractivity contribution in [1.29, 1.82) is 0 Å². The monoisotopic (exact) mass is 278 g/mol. The summed E-state index contributed by atoms with van der Waals surface area (Å²) in [5.41, 5.74) is 6.91. The molecule has 1 aromatic carbocycles. The Morgan fingerprint density at radius 2 is 1.85 bits per heavy atom. The van der Waals surface area contributed by atoms with Gasteiger partial charge in [-0.25, -0.2) is 0 Å². The van der Waals surface area contributed by atoms with Crippen molar-refractivity contribution in [2.45, 2.75) is 20.3 Å². The average Bonchev–Trinajstić information content (AvgIpc) is 2.48. The molecular formula is C15H22N2O3. The van der Waals surface area contributed by atoms with E-state index in [4.69, 9.17) is 10.5 Å². The number of hydrogen-bond acceptors (Lipinski definition) is 5. The number of benzene rings is 1. The molecule has 2 N–H and O–H groups in total. The summed E-state index contributed by atoms with van der Waals surface area (Å²) in [4.78, 5) is 24.9. The fraction of sp³-hybridized carbons (Fsp3) is 0.467. The van der Waals surface area contributed by atoms with E-state index in [0.717, 1.165) is 12.2 Å². The minimum atomic E-state index is -0.194. The van der Waals surface area contributed by atoms with Gasteiger partial charge in [0.15, 0.2) is 5.78 Å². The van der Waals surface area contributed by atoms with Crippen molar-refractivity contribution in [1.82, 2.24) is 0 Å². The van der Waals surface area contributed by atoms with E-state index in [0.29, 0.717) is 25.1 Å². The highest BCUT2D eigenvalue weighted by Gasteiger charge is 2.09. The Labute approximate surface area is 119 Å². The first-order chi connectivity index (χ1) is 9.62. The molecule has 1 rings (SSSR count). The number of carbonyl (C=O) groups is 2. The zero-order valence-corrected chi connectivity index (χ0v) is 12.1. The number of esters is 1. The summed E-state index contributed by atoms with van der Waals surface area (Å²) in [5, 5.41) is 0. The average molecular weight is 278 g/mol. The molecule has 5 heteroatoms. The Morgan fingerprint density at radius 3 is 2.35 bits per heavy atom. The standard InChI is InChI=1S/C15H22N2O3/c1-3-17(10-9-15(19)20-4-2)13-7-5-12(6-8-13)14(18)11-16/h5-8H,3-4,9-11,16H2,1-2H3. The number of carbonyl (C=O) groups excluding carboxylic acids is 2. The fourth-order valence-corrected chi connectivity index (χ4v) is 1.91. The number of nitrogens with two attached hydrogens (primary N) is 1. The number of hydrogen-bond donors (Lipinski definition) is 1. The van der Waals surface area contributed by atoms with Crippen molar-refractivity contribution in [3.63, 3.8) is 0 Å². The van der Waals surface area contributed by atoms with E-state index in [1.54, 1.807) is 19.1 Å². The number of rotatable bonds is 8. The van der Waals surface area contributed by atoms with Gasteiger partial charge in [-0.05, 0) is 38.1 Å². The number of ketones is 1. The van der Waals surface area contributed by atoms with Gasteiger partial charge in [-0.3, -0.25) is 9.59 Å². The first-order valence-corrected chi connectivity index (χ1v) is 6.86. The van der Waals surface area contributed by atoms with E-state index in [9.17, 15) is 9.59 Å². The smallest absolute Gasteiger partial charge is 0.307 e. The fourth-order valence-electron chi connectivity index (χ4n) is 1.91. The summed E-state index contributed by atoms with van der Waals surface area (Å²) in [5.74, 6) is -0.271. The van der Waals surface area contributed by atoms with Crippen LogP contribution in [0.3, 0.4) is 0 Å². The molecule has 0 aromatic heterocycles. The van der Waals surface area contributed by atoms with Crippen LogP contribution in [0.5, 0.6) is 0 Å². The maximum Gasteiger partial charge on any atom is 0.307 e. The van der Waals surface area contributed by atoms with Crippen molar-refractivity contribution in [3.05, 3.63) is 29.8 Å². The minimum absolute atomic E-state index is 0.0136. The first-order valence-electron chi connectivity index (χ1n) is 6.86. The minimum Gasteiger partial charge on any atom is -0.466 e. The first kappa shape index (κ1) is 16.2. The topological polar surface area (TPSA) is 72.6 Å². The van der Waals surface area contributed by atoms with Crippen LogP contribution >= 0.6 is 0 Å². The molecule has 20 heavy (non-hydrogen) atoms. The zero-order chi connectivity index (χ0) is 15.0. The second-order valence-electron chi connectivity index (χ2n) is 4.31. The lowest BCUT2D eigenvalue weighted by Gasteiger charge is -2.22. The molecule has 0 saturated carbocycles. The third-order valence-electron chi connectivity index (χ3n) is 3.01. The van der Waals surface area contributed by atoms with Crippen LogP contribution < -0.4 is 10.6 Å². The highest BCUT2D eigenvalue weighted by molar-refractivity contribution is 5.97. The molecule has 0 saturated heterocycles. The largest absolute Gasteiger partial charge is 0.466 e. The lowest BCUT2D eigenvalue weighted by molar-refractivity contribution is -0.142. The summed E-state index contributed by atoms with van der Waals surface area (Å²) in [7, 11) is 0. The lowest BCUT2D eigenvalue weighted by atomic mass is 10.1. The highest BCUT2D eigenvalue weighted by Crippen LogP contribution is 2.16. The molecule has 0 heterocycles. The molecule has 0 unspecified atom stereocenters. The predicted molar refractivity (Wildman–Crippen MR) is 79.0 cm³/mol. The SMILES string of the molecule is CCOC(=O)CCN(CC)c1ccc(C(=O)CN)cc1. The third kappa shape index (κ3) is 4.66. The summed E-state index contributed by atoms with van der Waals surface area (Å²) < 4.78 is 4.91. The number of anilines is 1. The molecule has 0 fully saturated rings. The second-order valence-corrected chi connectivity index (χ2v) is 4.31. The van der Waals surface area contributed by atoms with Crippen molar-refractivity contribution in [2.24, 2.45) is 5.73 Å². The Hall–Kier alpha value is -1.88. The van der Waals surface area contributed by atoms with E-state index in [2.05, 4.69) is 4.90 Å². The van der Waals surface area contributed by atoms with Crippen LogP contribution in [0.2, 0.25) is 0 Å². The lowest BCUT2D eigenvalue weighted by Crippen LogP contribution is -2.26. The van der Waals surface area contributed by atoms with Gasteiger partial charge in [0.1, 0.15) is 0 Å². The van der Waals surface area contributed by atoms with Gasteiger partial charge in [0, 0.05) is 24.3 Å². The number of Topliss-reactive ketones (excluding diaryl/α,β-unsaturated/α-hetero) is 1. The molecule has 0 bridgehead atoms. The predicted octanol–water partition coefficient (Wildman–Crippen LogP) is 1.61. The van der Waals surface area contributed by atoms with Crippen molar-refractivity contribution < 1.29 is 14.3 Å². The molecule has 0 atom stereocenters. The second kappa shape index (κ2) is 8.32. The van der Waals surface area contributed by atoms with E-state index in [1.165, 1.54) is 0 Å². The van der Waals surface area contributed by atoms with Crippen LogP contribution in [0.1, 0.15) is 30.6 Å². The van der Waals surface area contributed by atoms with Crippen molar-refractivity contribution in [2.75, 3.05) is 31.1 Å². The van der Waals surface area contributed by atoms with Gasteiger partial charge >= 0.3 is 5.97 Å². The van der Waals surface area contributed by atoms with Gasteiger partial charge < -0.3 is 15.4 Å². The van der Waals surface area contributed by atoms with Crippen LogP contribution in [0.4, 0.5) is 5.69 Å². The van der Waals surface area contributed by atoms with E-state index < -0.39 is 0 Å². The van der Waals surface area contributed by atoms with E-state index >= 15 is 0 Å². The van der Waals surface area contributed by atoms with Gasteiger partial charge in [-0.2, -0.15) is 0 Å². The number of ether oxygens (including phenoxy) is 1. The van der Waals surface area contributed by atoms with Gasteiger partial charge in [-0.1, -0.05) is 0 Å². The molecule has 0 aliphatic rings. The van der Waals surface area contributed by atoms with Gasteiger partial charge in [0.05, 0.1) is 19.6 Å². The Bertz CT molecular complexity index is 443. The maximum atomic E-state index is 11.5. The molecule has 0 spiro atoms. The number of nitrogens with zero attached hydrogens (tertiary/aromatic N) is 1. The van der Waals surface area contributed by atoms with Crippen LogP contribution in [0.25, 0.3) is 0 Å². The summed E-state index contributed by atoms with van der Waals surface area (Å²) in [6.07, 6.45) is 0.352. The van der Waals surface area contributed by atoms with Crippen molar-refractivity contribution in [3.8, 4) is 0 Å². The summed E-state index contributed by atoms with van der Waals surface area (Å²) in [6.45, 7) is 5.61. The quantitative estimate of drug-likeness (QED) is 0.577. The van der Waals surface area contributed by atoms with Crippen molar-refractivity contribution >= 4 is 17.4 Å². The molecule has 0 aliphatic heterocycles. The Morgan fingerprint density at radius 1 is 1.20 bits per heavy atom. The molecule has 5 nitrogen and oxygen atoms in total. The molecule has 110 valence electrons. The van der Waals surface area contributed by atoms with E-state index in [1.807, 2.05) is 19.1 Å². The third-order valence-corrected chi connectivity index (χ3v) is 3.01. The summed E-state index contributed by atoms with van der Waals surface area (Å²) in [6, 6.07) is 7.27. The Balaban J connectivity index is 2.65. The molecule has 0 radical (unpaired) electrons. The highest BCUT2D eigenvalue weighted by atomic mass is 16.5. The summed E-state index contributed by atoms with van der Waals surface area (Å²) >= 11 is 0. The van der Waals surface area contributed by atoms with E-state index in [-0.39, 0.29) is 18.3 Å². The van der Waals surface area contributed by atoms with Crippen LogP contribution in [-0.4, -0.2) is 38.0 Å². The van der Waals surface area contributed by atoms with Gasteiger partial charge in [-0.15, -0.1) is 0 Å². The molecular weight excluding hydrogens is 256 g/mol. The molecule has 0 aliphatic carbocycles. The van der Waals surface area contributed by atoms with Crippen LogP contribution in [-0.2, 0) is 9.53 Å². The van der Waals surface area contributed by atoms with Crippen LogP contribution in [0, 0.1) is 0 Å². The normalized spacial score (nSPS) is 10.2. The van der Waals surface area contributed by atoms with Gasteiger partial charge in [0.25, 0.3) is 0 Å². The maximum absolute atomic E-state index is 11.5.